The molecule has 0 fully saturated rings. The number of rotatable bonds is 6. The zero-order chi connectivity index (χ0) is 19.9. The molecular formula is C20H21N3O5. The summed E-state index contributed by atoms with van der Waals surface area (Å²) in [7, 11) is 1.53. The molecule has 0 radical (unpaired) electrons. The van der Waals surface area contributed by atoms with E-state index in [1.807, 2.05) is 0 Å². The first-order valence-corrected chi connectivity index (χ1v) is 8.72. The number of hydrogen-bond acceptors (Lipinski definition) is 6. The van der Waals surface area contributed by atoms with Crippen molar-refractivity contribution in [2.24, 2.45) is 5.10 Å². The van der Waals surface area contributed by atoms with E-state index in [2.05, 4.69) is 15.8 Å². The van der Waals surface area contributed by atoms with Crippen molar-refractivity contribution in [3.8, 4) is 17.2 Å². The fourth-order valence-electron chi connectivity index (χ4n) is 2.57. The van der Waals surface area contributed by atoms with Gasteiger partial charge < -0.3 is 19.5 Å². The Morgan fingerprint density at radius 1 is 1.11 bits per heavy atom. The van der Waals surface area contributed by atoms with Gasteiger partial charge in [-0.2, -0.15) is 5.10 Å². The number of carbonyl (C=O) groups excluding carboxylic acids is 2. The lowest BCUT2D eigenvalue weighted by Gasteiger charge is -2.19. The zero-order valence-corrected chi connectivity index (χ0v) is 15.7. The first kappa shape index (κ1) is 19.2. The van der Waals surface area contributed by atoms with Gasteiger partial charge in [-0.05, 0) is 37.3 Å². The molecule has 0 unspecified atom stereocenters. The molecule has 0 atom stereocenters. The minimum atomic E-state index is -0.384. The van der Waals surface area contributed by atoms with Crippen LogP contribution in [0.4, 0.5) is 5.69 Å². The Hall–Kier alpha value is -3.55. The Kier molecular flexibility index (Phi) is 6.11. The highest BCUT2D eigenvalue weighted by atomic mass is 16.6. The van der Waals surface area contributed by atoms with E-state index in [1.54, 1.807) is 49.4 Å². The molecule has 2 aromatic carbocycles. The number of benzene rings is 2. The van der Waals surface area contributed by atoms with Gasteiger partial charge in [-0.15, -0.1) is 0 Å². The molecule has 2 N–H and O–H groups in total. The van der Waals surface area contributed by atoms with E-state index in [4.69, 9.17) is 14.2 Å². The number of fused-ring (bicyclic) bond motifs is 1. The lowest BCUT2D eigenvalue weighted by molar-refractivity contribution is -0.115. The molecule has 28 heavy (non-hydrogen) atoms. The highest BCUT2D eigenvalue weighted by molar-refractivity contribution is 6.06. The van der Waals surface area contributed by atoms with Gasteiger partial charge in [-0.25, -0.2) is 5.43 Å². The molecule has 146 valence electrons. The van der Waals surface area contributed by atoms with Crippen LogP contribution >= 0.6 is 0 Å². The maximum Gasteiger partial charge on any atom is 0.271 e. The van der Waals surface area contributed by atoms with E-state index in [1.165, 1.54) is 7.11 Å². The van der Waals surface area contributed by atoms with Crippen molar-refractivity contribution < 1.29 is 23.8 Å². The highest BCUT2D eigenvalue weighted by Crippen LogP contribution is 2.32. The summed E-state index contributed by atoms with van der Waals surface area (Å²) in [5, 5.41) is 6.75. The van der Waals surface area contributed by atoms with Gasteiger partial charge in [-0.3, -0.25) is 9.59 Å². The molecule has 8 nitrogen and oxygen atoms in total. The Morgan fingerprint density at radius 2 is 1.89 bits per heavy atom. The van der Waals surface area contributed by atoms with Crippen molar-refractivity contribution >= 4 is 23.2 Å². The third kappa shape index (κ3) is 5.00. The summed E-state index contributed by atoms with van der Waals surface area (Å²) >= 11 is 0. The average Bonchev–Trinajstić information content (AvgIpc) is 2.71. The van der Waals surface area contributed by atoms with Gasteiger partial charge in [0.15, 0.2) is 11.5 Å². The Balaban J connectivity index is 1.54. The fourth-order valence-corrected chi connectivity index (χ4v) is 2.57. The first-order chi connectivity index (χ1) is 13.5. The predicted octanol–water partition coefficient (Wildman–Crippen LogP) is 2.60. The summed E-state index contributed by atoms with van der Waals surface area (Å²) < 4.78 is 16.0. The molecule has 0 saturated heterocycles. The number of hydrogen-bond donors (Lipinski definition) is 2. The van der Waals surface area contributed by atoms with Gasteiger partial charge in [-0.1, -0.05) is 6.07 Å². The molecule has 0 bridgehead atoms. The summed E-state index contributed by atoms with van der Waals surface area (Å²) in [5.41, 5.74) is 3.91. The molecule has 0 spiro atoms. The smallest absolute Gasteiger partial charge is 0.271 e. The van der Waals surface area contributed by atoms with Gasteiger partial charge in [0.05, 0.1) is 13.5 Å². The fraction of sp³-hybridized carbons (Fsp3) is 0.250. The van der Waals surface area contributed by atoms with Crippen LogP contribution in [0.3, 0.4) is 0 Å². The Labute approximate surface area is 162 Å². The number of amides is 2. The number of nitrogens with zero attached hydrogens (tertiary/aromatic N) is 1. The number of nitrogens with one attached hydrogen (secondary N) is 2. The van der Waals surface area contributed by atoms with Crippen LogP contribution in [0, 0.1) is 0 Å². The normalized spacial score (nSPS) is 12.9. The van der Waals surface area contributed by atoms with E-state index >= 15 is 0 Å². The van der Waals surface area contributed by atoms with Crippen molar-refractivity contribution in [1.29, 1.82) is 0 Å². The summed E-state index contributed by atoms with van der Waals surface area (Å²) in [6.07, 6.45) is 0.0346. The largest absolute Gasteiger partial charge is 0.497 e. The quantitative estimate of drug-likeness (QED) is 0.590. The lowest BCUT2D eigenvalue weighted by atomic mass is 10.2. The van der Waals surface area contributed by atoms with Crippen LogP contribution < -0.4 is 25.0 Å². The Morgan fingerprint density at radius 3 is 2.68 bits per heavy atom. The second kappa shape index (κ2) is 8.90. The molecule has 0 aromatic heterocycles. The van der Waals surface area contributed by atoms with Gasteiger partial charge in [0.25, 0.3) is 5.91 Å². The third-order valence-corrected chi connectivity index (χ3v) is 3.92. The SMILES string of the molecule is COc1cccc(C(=O)NN=C(C)CC(=O)Nc2ccc3c(c2)OCCO3)c1. The van der Waals surface area contributed by atoms with Crippen LogP contribution in [0.5, 0.6) is 17.2 Å². The van der Waals surface area contributed by atoms with E-state index < -0.39 is 0 Å². The van der Waals surface area contributed by atoms with E-state index in [0.717, 1.165) is 0 Å². The van der Waals surface area contributed by atoms with Crippen LogP contribution in [0.2, 0.25) is 0 Å². The van der Waals surface area contributed by atoms with Crippen LogP contribution in [0.25, 0.3) is 0 Å². The number of anilines is 1. The topological polar surface area (TPSA) is 98.2 Å². The predicted molar refractivity (Wildman–Crippen MR) is 104 cm³/mol. The molecule has 2 aromatic rings. The molecule has 1 aliphatic heterocycles. The number of methoxy groups -OCH3 is 1. The minimum Gasteiger partial charge on any atom is -0.497 e. The van der Waals surface area contributed by atoms with Crippen LogP contribution in [-0.2, 0) is 4.79 Å². The molecule has 0 aliphatic carbocycles. The van der Waals surface area contributed by atoms with Gasteiger partial charge in [0.1, 0.15) is 19.0 Å². The van der Waals surface area contributed by atoms with E-state index in [9.17, 15) is 9.59 Å². The van der Waals surface area contributed by atoms with Gasteiger partial charge >= 0.3 is 0 Å². The molecule has 8 heteroatoms. The molecule has 0 saturated carbocycles. The number of hydrazone groups is 1. The average molecular weight is 383 g/mol. The molecular weight excluding hydrogens is 362 g/mol. The maximum absolute atomic E-state index is 12.2. The second-order valence-electron chi connectivity index (χ2n) is 6.10. The number of carbonyl (C=O) groups is 2. The standard InChI is InChI=1S/C20H21N3O5/c1-13(22-23-20(25)14-4-3-5-16(11-14)26-2)10-19(24)21-15-6-7-17-18(12-15)28-9-8-27-17/h3-7,11-12H,8-10H2,1-2H3,(H,21,24)(H,23,25). The van der Waals surface area contributed by atoms with Crippen molar-refractivity contribution in [1.82, 2.24) is 5.43 Å². The third-order valence-electron chi connectivity index (χ3n) is 3.92. The first-order valence-electron chi connectivity index (χ1n) is 8.72. The zero-order valence-electron chi connectivity index (χ0n) is 15.7. The Bertz CT molecular complexity index is 910. The van der Waals surface area contributed by atoms with Crippen molar-refractivity contribution in [2.75, 3.05) is 25.6 Å². The summed E-state index contributed by atoms with van der Waals surface area (Å²) in [5.74, 6) is 1.19. The molecule has 3 rings (SSSR count). The van der Waals surface area contributed by atoms with Crippen molar-refractivity contribution in [3.05, 3.63) is 48.0 Å². The molecule has 1 aliphatic rings. The van der Waals surface area contributed by atoms with Crippen molar-refractivity contribution in [2.45, 2.75) is 13.3 Å². The van der Waals surface area contributed by atoms with Gasteiger partial charge in [0, 0.05) is 23.0 Å². The highest BCUT2D eigenvalue weighted by Gasteiger charge is 2.13. The van der Waals surface area contributed by atoms with Crippen LogP contribution in [0.1, 0.15) is 23.7 Å². The van der Waals surface area contributed by atoms with Gasteiger partial charge in [0.2, 0.25) is 5.91 Å². The summed E-state index contributed by atoms with van der Waals surface area (Å²) in [4.78, 5) is 24.3. The summed E-state index contributed by atoms with van der Waals surface area (Å²) in [6, 6.07) is 11.9. The molecule has 1 heterocycles. The van der Waals surface area contributed by atoms with Crippen LogP contribution in [0.15, 0.2) is 47.6 Å². The monoisotopic (exact) mass is 383 g/mol. The summed E-state index contributed by atoms with van der Waals surface area (Å²) in [6.45, 7) is 2.65. The second-order valence-corrected chi connectivity index (χ2v) is 6.10. The van der Waals surface area contributed by atoms with E-state index in [-0.39, 0.29) is 18.2 Å². The molecule has 2 amide bonds. The van der Waals surface area contributed by atoms with Crippen molar-refractivity contribution in [3.63, 3.8) is 0 Å². The lowest BCUT2D eigenvalue weighted by Crippen LogP contribution is -2.21. The number of ether oxygens (including phenoxy) is 3. The van der Waals surface area contributed by atoms with E-state index in [0.29, 0.717) is 47.4 Å². The minimum absolute atomic E-state index is 0.0346. The maximum atomic E-state index is 12.2. The van der Waals surface area contributed by atoms with Crippen LogP contribution in [-0.4, -0.2) is 37.8 Å².